The van der Waals surface area contributed by atoms with Gasteiger partial charge in [0.15, 0.2) is 23.3 Å². The van der Waals surface area contributed by atoms with Crippen LogP contribution in [0.3, 0.4) is 0 Å². The lowest BCUT2D eigenvalue weighted by atomic mass is 9.94. The highest BCUT2D eigenvalue weighted by Crippen LogP contribution is 2.28. The van der Waals surface area contributed by atoms with Crippen LogP contribution in [-0.4, -0.2) is 35.8 Å². The third-order valence-electron chi connectivity index (χ3n) is 3.29. The first-order chi connectivity index (χ1) is 8.43. The maximum absolute atomic E-state index is 13.7. The summed E-state index contributed by atoms with van der Waals surface area (Å²) in [5.41, 5.74) is -0.709. The van der Waals surface area contributed by atoms with Gasteiger partial charge in [-0.25, -0.2) is 13.8 Å². The molecule has 0 saturated carbocycles. The number of hydrogen-bond acceptors (Lipinski definition) is 4. The molecule has 0 aromatic carbocycles. The van der Waals surface area contributed by atoms with E-state index >= 15 is 0 Å². The zero-order valence-electron chi connectivity index (χ0n) is 10.5. The fourth-order valence-electron chi connectivity index (χ4n) is 2.05. The van der Waals surface area contributed by atoms with Crippen molar-refractivity contribution in [3.05, 3.63) is 17.7 Å². The fourth-order valence-corrected chi connectivity index (χ4v) is 2.05. The topological polar surface area (TPSA) is 48.4 Å². The zero-order chi connectivity index (χ0) is 13.3. The molecule has 1 saturated heterocycles. The lowest BCUT2D eigenvalue weighted by molar-refractivity contribution is 0.0349. The Hall–Kier alpha value is -1.43. The Balaban J connectivity index is 2.24. The van der Waals surface area contributed by atoms with Crippen molar-refractivity contribution >= 4 is 11.6 Å². The van der Waals surface area contributed by atoms with E-state index in [9.17, 15) is 13.9 Å². The monoisotopic (exact) mass is 257 g/mol. The minimum Gasteiger partial charge on any atom is -0.390 e. The van der Waals surface area contributed by atoms with E-state index in [1.807, 2.05) is 0 Å². The van der Waals surface area contributed by atoms with Gasteiger partial charge in [-0.3, -0.25) is 0 Å². The number of pyridine rings is 1. The van der Waals surface area contributed by atoms with Crippen LogP contribution in [0, 0.1) is 11.6 Å². The molecule has 0 unspecified atom stereocenters. The van der Waals surface area contributed by atoms with Gasteiger partial charge in [-0.1, -0.05) is 0 Å². The van der Waals surface area contributed by atoms with E-state index in [4.69, 9.17) is 0 Å². The predicted octanol–water partition coefficient (Wildman–Crippen LogP) is 1.75. The molecule has 4 nitrogen and oxygen atoms in total. The maximum atomic E-state index is 13.7. The summed E-state index contributed by atoms with van der Waals surface area (Å²) in [7, 11) is 1.54. The third kappa shape index (κ3) is 2.53. The Bertz CT molecular complexity index is 441. The van der Waals surface area contributed by atoms with Gasteiger partial charge in [-0.05, 0) is 19.8 Å². The van der Waals surface area contributed by atoms with Crippen LogP contribution >= 0.6 is 0 Å². The average molecular weight is 257 g/mol. The fraction of sp³-hybridized carbons (Fsp3) is 0.583. The van der Waals surface area contributed by atoms with E-state index in [2.05, 4.69) is 10.3 Å². The quantitative estimate of drug-likeness (QED) is 0.847. The molecular weight excluding hydrogens is 240 g/mol. The SMILES string of the molecule is CNc1nc(N2CCC(C)(O)CC2)c(F)cc1F. The van der Waals surface area contributed by atoms with E-state index in [1.54, 1.807) is 11.8 Å². The van der Waals surface area contributed by atoms with Gasteiger partial charge in [0.1, 0.15) is 0 Å². The molecular formula is C12H17F2N3O. The Labute approximate surface area is 105 Å². The number of anilines is 2. The molecule has 18 heavy (non-hydrogen) atoms. The largest absolute Gasteiger partial charge is 0.390 e. The van der Waals surface area contributed by atoms with Crippen molar-refractivity contribution in [2.75, 3.05) is 30.4 Å². The number of aliphatic hydroxyl groups is 1. The summed E-state index contributed by atoms with van der Waals surface area (Å²) in [6, 6.07) is 0.834. The van der Waals surface area contributed by atoms with Crippen molar-refractivity contribution in [3.63, 3.8) is 0 Å². The van der Waals surface area contributed by atoms with Crippen molar-refractivity contribution in [2.24, 2.45) is 0 Å². The van der Waals surface area contributed by atoms with E-state index in [1.165, 1.54) is 7.05 Å². The lowest BCUT2D eigenvalue weighted by Crippen LogP contribution is -2.43. The van der Waals surface area contributed by atoms with Crippen molar-refractivity contribution in [3.8, 4) is 0 Å². The summed E-state index contributed by atoms with van der Waals surface area (Å²) in [4.78, 5) is 5.67. The van der Waals surface area contributed by atoms with Crippen LogP contribution in [0.15, 0.2) is 6.07 Å². The first-order valence-electron chi connectivity index (χ1n) is 5.94. The molecule has 1 fully saturated rings. The van der Waals surface area contributed by atoms with Gasteiger partial charge in [0.25, 0.3) is 0 Å². The minimum atomic E-state index is -0.709. The van der Waals surface area contributed by atoms with Crippen LogP contribution in [0.5, 0.6) is 0 Å². The molecule has 2 rings (SSSR count). The number of nitrogens with zero attached hydrogens (tertiary/aromatic N) is 2. The van der Waals surface area contributed by atoms with Crippen molar-refractivity contribution in [1.82, 2.24) is 4.98 Å². The lowest BCUT2D eigenvalue weighted by Gasteiger charge is -2.36. The second kappa shape index (κ2) is 4.68. The first-order valence-corrected chi connectivity index (χ1v) is 5.94. The molecule has 0 radical (unpaired) electrons. The number of rotatable bonds is 2. The molecule has 2 heterocycles. The summed E-state index contributed by atoms with van der Waals surface area (Å²) in [6.45, 7) is 2.77. The van der Waals surface area contributed by atoms with Gasteiger partial charge in [0.05, 0.1) is 5.60 Å². The molecule has 1 aliphatic rings. The van der Waals surface area contributed by atoms with Crippen LogP contribution in [0.1, 0.15) is 19.8 Å². The number of hydrogen-bond donors (Lipinski definition) is 2. The Morgan fingerprint density at radius 3 is 2.50 bits per heavy atom. The smallest absolute Gasteiger partial charge is 0.168 e. The van der Waals surface area contributed by atoms with Crippen LogP contribution in [0.25, 0.3) is 0 Å². The zero-order valence-corrected chi connectivity index (χ0v) is 10.5. The van der Waals surface area contributed by atoms with E-state index in [0.29, 0.717) is 25.9 Å². The van der Waals surface area contributed by atoms with Crippen molar-refractivity contribution in [2.45, 2.75) is 25.4 Å². The van der Waals surface area contributed by atoms with Crippen LogP contribution < -0.4 is 10.2 Å². The summed E-state index contributed by atoms with van der Waals surface area (Å²) < 4.78 is 27.0. The van der Waals surface area contributed by atoms with Crippen LogP contribution in [0.4, 0.5) is 20.4 Å². The number of halogens is 2. The first kappa shape index (κ1) is 13.0. The van der Waals surface area contributed by atoms with Crippen molar-refractivity contribution in [1.29, 1.82) is 0 Å². The van der Waals surface area contributed by atoms with E-state index in [-0.39, 0.29) is 11.6 Å². The summed E-state index contributed by atoms with van der Waals surface area (Å²) in [5.74, 6) is -1.21. The highest BCUT2D eigenvalue weighted by molar-refractivity contribution is 5.49. The summed E-state index contributed by atoms with van der Waals surface area (Å²) >= 11 is 0. The van der Waals surface area contributed by atoms with E-state index < -0.39 is 17.2 Å². The van der Waals surface area contributed by atoms with Gasteiger partial charge in [0.2, 0.25) is 0 Å². The number of aromatic nitrogens is 1. The number of piperidine rings is 1. The Kier molecular flexibility index (Phi) is 3.38. The highest BCUT2D eigenvalue weighted by atomic mass is 19.1. The molecule has 1 aromatic rings. The standard InChI is InChI=1S/C12H17F2N3O/c1-12(18)3-5-17(6-4-12)11-9(14)7-8(13)10(15-2)16-11/h7,18H,3-6H2,1-2H3,(H,15,16). The van der Waals surface area contributed by atoms with Gasteiger partial charge in [-0.2, -0.15) is 0 Å². The summed E-state index contributed by atoms with van der Waals surface area (Å²) in [6.07, 6.45) is 1.08. The van der Waals surface area contributed by atoms with Gasteiger partial charge in [0, 0.05) is 26.2 Å². The molecule has 2 N–H and O–H groups in total. The molecule has 0 bridgehead atoms. The molecule has 0 atom stereocenters. The van der Waals surface area contributed by atoms with Crippen molar-refractivity contribution < 1.29 is 13.9 Å². The molecule has 1 aliphatic heterocycles. The number of nitrogens with one attached hydrogen (secondary N) is 1. The molecule has 0 aliphatic carbocycles. The second-order valence-corrected chi connectivity index (χ2v) is 4.86. The van der Waals surface area contributed by atoms with Gasteiger partial charge < -0.3 is 15.3 Å². The molecule has 6 heteroatoms. The second-order valence-electron chi connectivity index (χ2n) is 4.86. The van der Waals surface area contributed by atoms with Gasteiger partial charge >= 0.3 is 0 Å². The third-order valence-corrected chi connectivity index (χ3v) is 3.29. The Morgan fingerprint density at radius 1 is 1.33 bits per heavy atom. The molecule has 1 aromatic heterocycles. The average Bonchev–Trinajstić information content (AvgIpc) is 2.30. The predicted molar refractivity (Wildman–Crippen MR) is 65.8 cm³/mol. The molecule has 100 valence electrons. The summed E-state index contributed by atoms with van der Waals surface area (Å²) in [5, 5.41) is 12.4. The minimum absolute atomic E-state index is 0.0312. The van der Waals surface area contributed by atoms with E-state index in [0.717, 1.165) is 6.07 Å². The van der Waals surface area contributed by atoms with Gasteiger partial charge in [-0.15, -0.1) is 0 Å². The normalized spacial score (nSPS) is 18.8. The van der Waals surface area contributed by atoms with Crippen LogP contribution in [-0.2, 0) is 0 Å². The van der Waals surface area contributed by atoms with Crippen LogP contribution in [0.2, 0.25) is 0 Å². The molecule has 0 amide bonds. The maximum Gasteiger partial charge on any atom is 0.168 e. The highest BCUT2D eigenvalue weighted by Gasteiger charge is 2.29. The Morgan fingerprint density at radius 2 is 1.94 bits per heavy atom. The molecule has 0 spiro atoms.